The molecule has 1 rings (SSSR count). The van der Waals surface area contributed by atoms with E-state index in [4.69, 9.17) is 9.47 Å². The molecule has 3 N–H and O–H groups in total. The molecule has 0 fully saturated rings. The number of phenols is 1. The van der Waals surface area contributed by atoms with Gasteiger partial charge in [0.2, 0.25) is 5.91 Å². The van der Waals surface area contributed by atoms with Crippen molar-refractivity contribution in [3.05, 3.63) is 29.8 Å². The van der Waals surface area contributed by atoms with E-state index in [-0.39, 0.29) is 11.7 Å². The van der Waals surface area contributed by atoms with Crippen LogP contribution < -0.4 is 10.6 Å². The molecule has 1 unspecified atom stereocenters. The number of phenolic OH excluding ortho intramolecular Hbond substituents is 1. The molecular weight excluding hydrogens is 364 g/mol. The number of carbonyl (C=O) groups excluding carboxylic acids is 3. The molecule has 0 radical (unpaired) electrons. The Kier molecular flexibility index (Phi) is 8.28. The largest absolute Gasteiger partial charge is 0.508 e. The van der Waals surface area contributed by atoms with Crippen molar-refractivity contribution >= 4 is 18.0 Å². The summed E-state index contributed by atoms with van der Waals surface area (Å²) in [6, 6.07) is 3.85. The van der Waals surface area contributed by atoms with Crippen LogP contribution in [0.4, 0.5) is 4.79 Å². The van der Waals surface area contributed by atoms with Crippen LogP contribution in [0.25, 0.3) is 0 Å². The normalized spacial score (nSPS) is 14.4. The van der Waals surface area contributed by atoms with Crippen LogP contribution in [0, 0.1) is 5.92 Å². The first-order chi connectivity index (χ1) is 13.0. The average molecular weight is 394 g/mol. The summed E-state index contributed by atoms with van der Waals surface area (Å²) in [5, 5.41) is 14.6. The highest BCUT2D eigenvalue weighted by atomic mass is 16.6. The lowest BCUT2D eigenvalue weighted by atomic mass is 9.97. The zero-order chi connectivity index (χ0) is 21.5. The number of rotatable bonds is 7. The van der Waals surface area contributed by atoms with E-state index in [1.165, 1.54) is 31.4 Å². The molecule has 1 aromatic rings. The number of amides is 2. The number of carbonyl (C=O) groups is 3. The predicted octanol–water partition coefficient (Wildman–Crippen LogP) is 2.66. The summed E-state index contributed by atoms with van der Waals surface area (Å²) in [6.45, 7) is 8.88. The van der Waals surface area contributed by atoms with Gasteiger partial charge in [-0.05, 0) is 44.4 Å². The Hall–Kier alpha value is -2.77. The number of nitrogens with one attached hydrogen (secondary N) is 2. The molecule has 1 aromatic carbocycles. The lowest BCUT2D eigenvalue weighted by Crippen LogP contribution is -2.52. The van der Waals surface area contributed by atoms with Crippen molar-refractivity contribution in [2.24, 2.45) is 5.92 Å². The van der Waals surface area contributed by atoms with E-state index in [2.05, 4.69) is 10.6 Å². The van der Waals surface area contributed by atoms with Gasteiger partial charge in [0.25, 0.3) is 0 Å². The number of methoxy groups -OCH3 is 1. The number of hydrogen-bond donors (Lipinski definition) is 3. The van der Waals surface area contributed by atoms with E-state index in [1.54, 1.807) is 20.8 Å². The topological polar surface area (TPSA) is 114 Å². The van der Waals surface area contributed by atoms with Gasteiger partial charge < -0.3 is 25.2 Å². The van der Waals surface area contributed by atoms with Crippen molar-refractivity contribution in [2.75, 3.05) is 7.11 Å². The molecule has 0 aromatic heterocycles. The fourth-order valence-electron chi connectivity index (χ4n) is 2.43. The highest BCUT2D eigenvalue weighted by Gasteiger charge is 2.32. The molecule has 3 atom stereocenters. The molecule has 156 valence electrons. The Labute approximate surface area is 165 Å². The van der Waals surface area contributed by atoms with Gasteiger partial charge in [-0.1, -0.05) is 32.4 Å². The number of alkyl carbamates (subject to hydrolysis) is 1. The Morgan fingerprint density at radius 1 is 1.11 bits per heavy atom. The van der Waals surface area contributed by atoms with E-state index in [9.17, 15) is 19.5 Å². The summed E-state index contributed by atoms with van der Waals surface area (Å²) >= 11 is 0. The van der Waals surface area contributed by atoms with Crippen molar-refractivity contribution in [1.29, 1.82) is 0 Å². The monoisotopic (exact) mass is 394 g/mol. The molecule has 8 heteroatoms. The standard InChI is InChI=1S/C20H30N2O6/c1-7-12(2)15(22-19(26)28-20(3,4)5)17(24)21-16(18(25)27-6)13-8-10-14(23)11-9-13/h8-12,15-16,23H,7H2,1-6H3,(H,21,24)(H,22,26)/t12-,15-,16?/m0/s1. The van der Waals surface area contributed by atoms with Gasteiger partial charge >= 0.3 is 12.1 Å². The van der Waals surface area contributed by atoms with E-state index < -0.39 is 35.7 Å². The molecule has 2 amide bonds. The van der Waals surface area contributed by atoms with Gasteiger partial charge in [-0.15, -0.1) is 0 Å². The maximum Gasteiger partial charge on any atom is 0.408 e. The fraction of sp³-hybridized carbons (Fsp3) is 0.550. The van der Waals surface area contributed by atoms with E-state index >= 15 is 0 Å². The smallest absolute Gasteiger partial charge is 0.408 e. The molecular formula is C20H30N2O6. The van der Waals surface area contributed by atoms with E-state index in [1.807, 2.05) is 13.8 Å². The second-order valence-corrected chi connectivity index (χ2v) is 7.57. The van der Waals surface area contributed by atoms with Crippen LogP contribution in [0.3, 0.4) is 0 Å². The molecule has 0 saturated carbocycles. The minimum Gasteiger partial charge on any atom is -0.508 e. The van der Waals surface area contributed by atoms with Crippen molar-refractivity contribution < 1.29 is 29.0 Å². The van der Waals surface area contributed by atoms with Crippen LogP contribution in [0.5, 0.6) is 5.75 Å². The van der Waals surface area contributed by atoms with Crippen molar-refractivity contribution in [3.8, 4) is 5.75 Å². The summed E-state index contributed by atoms with van der Waals surface area (Å²) in [5.74, 6) is -1.38. The summed E-state index contributed by atoms with van der Waals surface area (Å²) in [7, 11) is 1.22. The van der Waals surface area contributed by atoms with Crippen LogP contribution in [-0.4, -0.2) is 41.8 Å². The summed E-state index contributed by atoms with van der Waals surface area (Å²) < 4.78 is 10.0. The number of benzene rings is 1. The zero-order valence-corrected chi connectivity index (χ0v) is 17.2. The van der Waals surface area contributed by atoms with Gasteiger partial charge in [-0.2, -0.15) is 0 Å². The molecule has 0 aliphatic heterocycles. The van der Waals surface area contributed by atoms with Gasteiger partial charge in [-0.25, -0.2) is 9.59 Å². The lowest BCUT2D eigenvalue weighted by Gasteiger charge is -2.27. The number of esters is 1. The predicted molar refractivity (Wildman–Crippen MR) is 104 cm³/mol. The van der Waals surface area contributed by atoms with Crippen LogP contribution in [0.15, 0.2) is 24.3 Å². The van der Waals surface area contributed by atoms with Gasteiger partial charge in [-0.3, -0.25) is 4.79 Å². The molecule has 0 aliphatic rings. The van der Waals surface area contributed by atoms with Crippen LogP contribution >= 0.6 is 0 Å². The lowest BCUT2D eigenvalue weighted by molar-refractivity contribution is -0.145. The quantitative estimate of drug-likeness (QED) is 0.613. The second kappa shape index (κ2) is 9.96. The molecule has 0 aliphatic carbocycles. The molecule has 0 saturated heterocycles. The Bertz CT molecular complexity index is 681. The molecule has 0 bridgehead atoms. The Balaban J connectivity index is 3.03. The van der Waals surface area contributed by atoms with E-state index in [0.717, 1.165) is 0 Å². The van der Waals surface area contributed by atoms with Crippen molar-refractivity contribution in [3.63, 3.8) is 0 Å². The minimum absolute atomic E-state index is 0.0303. The van der Waals surface area contributed by atoms with Gasteiger partial charge in [0.1, 0.15) is 17.4 Å². The van der Waals surface area contributed by atoms with Crippen LogP contribution in [0.2, 0.25) is 0 Å². The molecule has 0 spiro atoms. The SMILES string of the molecule is CC[C@H](C)[C@H](NC(=O)OC(C)(C)C)C(=O)NC(C(=O)OC)c1ccc(O)cc1. The average Bonchev–Trinajstić information content (AvgIpc) is 2.62. The van der Waals surface area contributed by atoms with Crippen LogP contribution in [0.1, 0.15) is 52.6 Å². The maximum atomic E-state index is 12.9. The summed E-state index contributed by atoms with van der Waals surface area (Å²) in [4.78, 5) is 37.2. The highest BCUT2D eigenvalue weighted by molar-refractivity contribution is 5.90. The first-order valence-electron chi connectivity index (χ1n) is 9.15. The van der Waals surface area contributed by atoms with E-state index in [0.29, 0.717) is 12.0 Å². The first-order valence-corrected chi connectivity index (χ1v) is 9.15. The maximum absolute atomic E-state index is 12.9. The third-order valence-corrected chi connectivity index (χ3v) is 4.12. The zero-order valence-electron chi connectivity index (χ0n) is 17.2. The third kappa shape index (κ3) is 7.09. The second-order valence-electron chi connectivity index (χ2n) is 7.57. The van der Waals surface area contributed by atoms with Gasteiger partial charge in [0.15, 0.2) is 6.04 Å². The number of hydrogen-bond acceptors (Lipinski definition) is 6. The van der Waals surface area contributed by atoms with Crippen molar-refractivity contribution in [1.82, 2.24) is 10.6 Å². The van der Waals surface area contributed by atoms with Crippen LogP contribution in [-0.2, 0) is 19.1 Å². The number of ether oxygens (including phenoxy) is 2. The minimum atomic E-state index is -1.08. The molecule has 28 heavy (non-hydrogen) atoms. The molecule has 0 heterocycles. The van der Waals surface area contributed by atoms with Gasteiger partial charge in [0, 0.05) is 0 Å². The number of aromatic hydroxyl groups is 1. The van der Waals surface area contributed by atoms with Gasteiger partial charge in [0.05, 0.1) is 7.11 Å². The Morgan fingerprint density at radius 3 is 2.14 bits per heavy atom. The summed E-state index contributed by atoms with van der Waals surface area (Å²) in [6.07, 6.45) is -0.0945. The summed E-state index contributed by atoms with van der Waals surface area (Å²) in [5.41, 5.74) is -0.264. The first kappa shape index (κ1) is 23.3. The fourth-order valence-corrected chi connectivity index (χ4v) is 2.43. The third-order valence-electron chi connectivity index (χ3n) is 4.12. The highest BCUT2D eigenvalue weighted by Crippen LogP contribution is 2.19. The Morgan fingerprint density at radius 2 is 1.68 bits per heavy atom. The molecule has 8 nitrogen and oxygen atoms in total. The van der Waals surface area contributed by atoms with Crippen molar-refractivity contribution in [2.45, 2.75) is 58.7 Å².